The summed E-state index contributed by atoms with van der Waals surface area (Å²) in [6.45, 7) is 0.353. The van der Waals surface area contributed by atoms with Crippen LogP contribution in [0, 0.1) is 0 Å². The van der Waals surface area contributed by atoms with Crippen molar-refractivity contribution >= 4 is 27.3 Å². The summed E-state index contributed by atoms with van der Waals surface area (Å²) in [6.07, 6.45) is 0.786. The van der Waals surface area contributed by atoms with Crippen molar-refractivity contribution in [3.8, 4) is 11.1 Å². The van der Waals surface area contributed by atoms with E-state index in [-0.39, 0.29) is 17.3 Å². The van der Waals surface area contributed by atoms with Gasteiger partial charge in [0, 0.05) is 23.4 Å². The predicted molar refractivity (Wildman–Crippen MR) is 109 cm³/mol. The highest BCUT2D eigenvalue weighted by atomic mass is 32.2. The van der Waals surface area contributed by atoms with Crippen LogP contribution in [-0.2, 0) is 21.2 Å². The summed E-state index contributed by atoms with van der Waals surface area (Å²) in [5.74, 6) is -0.220. The molecular weight excluding hydrogens is 372 g/mol. The van der Waals surface area contributed by atoms with Gasteiger partial charge in [0.2, 0.25) is 5.91 Å². The van der Waals surface area contributed by atoms with Gasteiger partial charge in [-0.2, -0.15) is 0 Å². The maximum Gasteiger partial charge on any atom is 0.265 e. The van der Waals surface area contributed by atoms with E-state index in [1.807, 2.05) is 48.5 Å². The molecule has 6 heteroatoms. The normalized spacial score (nSPS) is 16.3. The van der Waals surface area contributed by atoms with E-state index in [0.717, 1.165) is 23.2 Å². The summed E-state index contributed by atoms with van der Waals surface area (Å²) in [7, 11) is -3.81. The number of hydrogen-bond donors (Lipinski definition) is 0. The van der Waals surface area contributed by atoms with Crippen molar-refractivity contribution in [2.45, 2.75) is 11.3 Å². The second-order valence-corrected chi connectivity index (χ2v) is 8.78. The SMILES string of the molecule is O=C(CN1c2ccccc2-c2ccccc2S1(=O)=O)N1CCc2ccccc21. The maximum atomic E-state index is 13.3. The monoisotopic (exact) mass is 390 g/mol. The molecule has 0 saturated carbocycles. The Hall–Kier alpha value is -3.12. The number of hydrogen-bond acceptors (Lipinski definition) is 3. The van der Waals surface area contributed by atoms with E-state index in [9.17, 15) is 13.2 Å². The van der Waals surface area contributed by atoms with Crippen LogP contribution >= 0.6 is 0 Å². The van der Waals surface area contributed by atoms with Gasteiger partial charge in [-0.15, -0.1) is 0 Å². The minimum Gasteiger partial charge on any atom is -0.310 e. The topological polar surface area (TPSA) is 57.7 Å². The Labute approximate surface area is 163 Å². The first kappa shape index (κ1) is 17.0. The third-order valence-electron chi connectivity index (χ3n) is 5.39. The van der Waals surface area contributed by atoms with E-state index in [4.69, 9.17) is 0 Å². The maximum absolute atomic E-state index is 13.3. The minimum atomic E-state index is -3.81. The van der Waals surface area contributed by atoms with E-state index in [1.54, 1.807) is 29.2 Å². The molecule has 3 aromatic rings. The van der Waals surface area contributed by atoms with Gasteiger partial charge in [-0.25, -0.2) is 8.42 Å². The fourth-order valence-corrected chi connectivity index (χ4v) is 5.70. The summed E-state index contributed by atoms with van der Waals surface area (Å²) in [4.78, 5) is 15.0. The van der Waals surface area contributed by atoms with Crippen LogP contribution < -0.4 is 9.21 Å². The van der Waals surface area contributed by atoms with Crippen molar-refractivity contribution in [3.63, 3.8) is 0 Å². The molecule has 2 heterocycles. The standard InChI is InChI=1S/C22H18N2O3S/c25-22(23-14-13-16-7-1-4-10-19(16)23)15-24-20-11-5-2-8-17(20)18-9-3-6-12-21(18)28(24,26)27/h1-12H,13-15H2. The third-order valence-corrected chi connectivity index (χ3v) is 7.20. The Morgan fingerprint density at radius 1 is 0.821 bits per heavy atom. The quantitative estimate of drug-likeness (QED) is 0.673. The summed E-state index contributed by atoms with van der Waals surface area (Å²) in [5, 5.41) is 0. The first-order valence-corrected chi connectivity index (χ1v) is 10.6. The van der Waals surface area contributed by atoms with E-state index < -0.39 is 10.0 Å². The molecular formula is C22H18N2O3S. The van der Waals surface area contributed by atoms with Crippen LogP contribution in [0.2, 0.25) is 0 Å². The van der Waals surface area contributed by atoms with E-state index in [0.29, 0.717) is 17.8 Å². The molecule has 28 heavy (non-hydrogen) atoms. The molecule has 2 aliphatic rings. The smallest absolute Gasteiger partial charge is 0.265 e. The molecule has 5 nitrogen and oxygen atoms in total. The Bertz CT molecular complexity index is 1200. The van der Waals surface area contributed by atoms with Gasteiger partial charge in [0.1, 0.15) is 6.54 Å². The van der Waals surface area contributed by atoms with Gasteiger partial charge in [-0.05, 0) is 30.2 Å². The van der Waals surface area contributed by atoms with Crippen LogP contribution in [0.15, 0.2) is 77.7 Å². The number of carbonyl (C=O) groups excluding carboxylic acids is 1. The Balaban J connectivity index is 1.56. The highest BCUT2D eigenvalue weighted by Crippen LogP contribution is 2.42. The first-order valence-electron chi connectivity index (χ1n) is 9.17. The van der Waals surface area contributed by atoms with Crippen molar-refractivity contribution in [2.75, 3.05) is 22.3 Å². The number of amides is 1. The van der Waals surface area contributed by atoms with Crippen LogP contribution in [-0.4, -0.2) is 27.4 Å². The molecule has 0 bridgehead atoms. The van der Waals surface area contributed by atoms with Crippen molar-refractivity contribution in [1.82, 2.24) is 0 Å². The fraction of sp³-hybridized carbons (Fsp3) is 0.136. The molecule has 0 fully saturated rings. The zero-order valence-electron chi connectivity index (χ0n) is 15.1. The summed E-state index contributed by atoms with van der Waals surface area (Å²) in [5.41, 5.74) is 4.02. The Kier molecular flexibility index (Phi) is 3.77. The summed E-state index contributed by atoms with van der Waals surface area (Å²) in [6, 6.07) is 22.0. The molecule has 140 valence electrons. The van der Waals surface area contributed by atoms with Gasteiger partial charge in [0.15, 0.2) is 0 Å². The molecule has 0 saturated heterocycles. The van der Waals surface area contributed by atoms with Crippen LogP contribution in [0.3, 0.4) is 0 Å². The Morgan fingerprint density at radius 3 is 2.29 bits per heavy atom. The molecule has 3 aromatic carbocycles. The van der Waals surface area contributed by atoms with Crippen LogP contribution in [0.5, 0.6) is 0 Å². The van der Waals surface area contributed by atoms with Gasteiger partial charge >= 0.3 is 0 Å². The lowest BCUT2D eigenvalue weighted by Crippen LogP contribution is -2.44. The third kappa shape index (κ3) is 2.45. The lowest BCUT2D eigenvalue weighted by atomic mass is 10.0. The highest BCUT2D eigenvalue weighted by Gasteiger charge is 2.37. The number of carbonyl (C=O) groups is 1. The number of nitrogens with zero attached hydrogens (tertiary/aromatic N) is 2. The minimum absolute atomic E-state index is 0.220. The number of fused-ring (bicyclic) bond motifs is 4. The lowest BCUT2D eigenvalue weighted by Gasteiger charge is -2.32. The summed E-state index contributed by atoms with van der Waals surface area (Å²) < 4.78 is 27.9. The van der Waals surface area contributed by atoms with Gasteiger partial charge in [0.25, 0.3) is 10.0 Å². The highest BCUT2D eigenvalue weighted by molar-refractivity contribution is 7.93. The van der Waals surface area contributed by atoms with E-state index in [1.165, 1.54) is 4.31 Å². The average Bonchev–Trinajstić information content (AvgIpc) is 3.15. The summed E-state index contributed by atoms with van der Waals surface area (Å²) >= 11 is 0. The van der Waals surface area contributed by atoms with Crippen molar-refractivity contribution in [2.24, 2.45) is 0 Å². The second kappa shape index (κ2) is 6.21. The molecule has 0 aromatic heterocycles. The number of para-hydroxylation sites is 2. The van der Waals surface area contributed by atoms with Gasteiger partial charge < -0.3 is 4.90 Å². The first-order chi connectivity index (χ1) is 13.6. The second-order valence-electron chi connectivity index (χ2n) is 6.95. The molecule has 0 unspecified atom stereocenters. The van der Waals surface area contributed by atoms with Gasteiger partial charge in [0.05, 0.1) is 10.6 Å². The van der Waals surface area contributed by atoms with E-state index >= 15 is 0 Å². The molecule has 2 aliphatic heterocycles. The predicted octanol–water partition coefficient (Wildman–Crippen LogP) is 3.45. The van der Waals surface area contributed by atoms with Crippen LogP contribution in [0.25, 0.3) is 11.1 Å². The molecule has 1 amide bonds. The molecule has 0 atom stereocenters. The average molecular weight is 390 g/mol. The number of sulfonamides is 1. The van der Waals surface area contributed by atoms with Crippen molar-refractivity contribution < 1.29 is 13.2 Å². The molecule has 0 radical (unpaired) electrons. The van der Waals surface area contributed by atoms with Gasteiger partial charge in [-0.3, -0.25) is 9.10 Å². The molecule has 0 aliphatic carbocycles. The zero-order chi connectivity index (χ0) is 19.3. The Morgan fingerprint density at radius 2 is 1.46 bits per heavy atom. The van der Waals surface area contributed by atoms with Gasteiger partial charge in [-0.1, -0.05) is 54.6 Å². The largest absolute Gasteiger partial charge is 0.310 e. The van der Waals surface area contributed by atoms with E-state index in [2.05, 4.69) is 0 Å². The van der Waals surface area contributed by atoms with Crippen LogP contribution in [0.4, 0.5) is 11.4 Å². The molecule has 0 N–H and O–H groups in total. The van der Waals surface area contributed by atoms with Crippen LogP contribution in [0.1, 0.15) is 5.56 Å². The van der Waals surface area contributed by atoms with Crippen molar-refractivity contribution in [1.29, 1.82) is 0 Å². The van der Waals surface area contributed by atoms with Crippen molar-refractivity contribution in [3.05, 3.63) is 78.4 Å². The molecule has 5 rings (SSSR count). The number of benzene rings is 3. The fourth-order valence-electron chi connectivity index (χ4n) is 4.06. The zero-order valence-corrected chi connectivity index (χ0v) is 15.9. The lowest BCUT2D eigenvalue weighted by molar-refractivity contribution is -0.117. The number of rotatable bonds is 2. The molecule has 0 spiro atoms. The number of anilines is 2.